The van der Waals surface area contributed by atoms with Crippen LogP contribution in [0.3, 0.4) is 0 Å². The first kappa shape index (κ1) is 27.9. The molecule has 0 unspecified atom stereocenters. The maximum atomic E-state index is 13.3. The Hall–Kier alpha value is -3.10. The average molecular weight is 559 g/mol. The largest absolute Gasteiger partial charge is 0.460 e. The van der Waals surface area contributed by atoms with Crippen LogP contribution in [-0.2, 0) is 9.53 Å². The minimum absolute atomic E-state index is 0.0615. The van der Waals surface area contributed by atoms with Crippen molar-refractivity contribution < 1.29 is 19.1 Å². The molecule has 4 rings (SSSR count). The van der Waals surface area contributed by atoms with Gasteiger partial charge < -0.3 is 19.9 Å². The Bertz CT molecular complexity index is 1360. The Labute approximate surface area is 232 Å². The van der Waals surface area contributed by atoms with E-state index < -0.39 is 11.6 Å². The molecule has 2 N–H and O–H groups in total. The van der Waals surface area contributed by atoms with Gasteiger partial charge in [0.2, 0.25) is 0 Å². The van der Waals surface area contributed by atoms with Gasteiger partial charge in [-0.1, -0.05) is 23.2 Å². The first-order chi connectivity index (χ1) is 17.9. The molecule has 2 amide bonds. The standard InChI is InChI=1S/C28H32Cl2N4O4/c1-16(25-32-22-11-8-18(29)15-23(22)33-25)31-26(36)17-7-10-20(21(30)14-17)27(37)34-13-5-6-19(34)9-12-24(35)38-28(2,3)4/h7-8,10-11,14-16,19H,5-6,9,12-13H2,1-4H3,(H,31,36)(H,32,33)/t16-,19-/m0/s1. The second-order valence-corrected chi connectivity index (χ2v) is 11.4. The van der Waals surface area contributed by atoms with E-state index in [4.69, 9.17) is 27.9 Å². The van der Waals surface area contributed by atoms with Crippen molar-refractivity contribution in [2.75, 3.05) is 6.54 Å². The summed E-state index contributed by atoms with van der Waals surface area (Å²) in [6.07, 6.45) is 2.45. The van der Waals surface area contributed by atoms with E-state index in [9.17, 15) is 14.4 Å². The summed E-state index contributed by atoms with van der Waals surface area (Å²) >= 11 is 12.5. The molecule has 2 heterocycles. The monoisotopic (exact) mass is 558 g/mol. The number of benzene rings is 2. The van der Waals surface area contributed by atoms with Crippen molar-refractivity contribution in [1.82, 2.24) is 20.2 Å². The van der Waals surface area contributed by atoms with E-state index in [-0.39, 0.29) is 35.3 Å². The molecule has 0 aliphatic carbocycles. The van der Waals surface area contributed by atoms with Gasteiger partial charge in [0, 0.05) is 29.6 Å². The zero-order chi connectivity index (χ0) is 27.6. The maximum absolute atomic E-state index is 13.3. The number of likely N-dealkylation sites (tertiary alicyclic amines) is 1. The molecule has 0 radical (unpaired) electrons. The Morgan fingerprint density at radius 1 is 1.18 bits per heavy atom. The van der Waals surface area contributed by atoms with Crippen LogP contribution in [0.25, 0.3) is 11.0 Å². The van der Waals surface area contributed by atoms with Crippen LogP contribution in [0.2, 0.25) is 10.0 Å². The molecule has 10 heteroatoms. The zero-order valence-corrected chi connectivity index (χ0v) is 23.4. The molecule has 2 aromatic carbocycles. The van der Waals surface area contributed by atoms with Crippen molar-refractivity contribution in [1.29, 1.82) is 0 Å². The highest BCUT2D eigenvalue weighted by Crippen LogP contribution is 2.28. The minimum Gasteiger partial charge on any atom is -0.460 e. The molecular formula is C28H32Cl2N4O4. The number of nitrogens with one attached hydrogen (secondary N) is 2. The van der Waals surface area contributed by atoms with E-state index in [1.54, 1.807) is 29.2 Å². The van der Waals surface area contributed by atoms with Crippen molar-refractivity contribution >= 4 is 52.0 Å². The van der Waals surface area contributed by atoms with Crippen molar-refractivity contribution in [3.05, 3.63) is 63.4 Å². The molecule has 1 aromatic heterocycles. The molecular weight excluding hydrogens is 527 g/mol. The number of carbonyl (C=O) groups excluding carboxylic acids is 3. The van der Waals surface area contributed by atoms with Gasteiger partial charge >= 0.3 is 5.97 Å². The lowest BCUT2D eigenvalue weighted by atomic mass is 10.1. The fourth-order valence-electron chi connectivity index (χ4n) is 4.62. The topological polar surface area (TPSA) is 104 Å². The Balaban J connectivity index is 1.39. The lowest BCUT2D eigenvalue weighted by Gasteiger charge is -2.26. The number of ether oxygens (including phenoxy) is 1. The van der Waals surface area contributed by atoms with Crippen LogP contribution in [0, 0.1) is 0 Å². The number of rotatable bonds is 7. The molecule has 3 aromatic rings. The molecule has 0 bridgehead atoms. The quantitative estimate of drug-likeness (QED) is 0.341. The summed E-state index contributed by atoms with van der Waals surface area (Å²) in [7, 11) is 0. The molecule has 1 fully saturated rings. The lowest BCUT2D eigenvalue weighted by Crippen LogP contribution is -2.36. The number of H-pyrrole nitrogens is 1. The highest BCUT2D eigenvalue weighted by Gasteiger charge is 2.31. The Morgan fingerprint density at radius 2 is 1.95 bits per heavy atom. The van der Waals surface area contributed by atoms with E-state index in [1.165, 1.54) is 6.07 Å². The van der Waals surface area contributed by atoms with Crippen LogP contribution in [0.1, 0.15) is 86.0 Å². The molecule has 1 aliphatic rings. The predicted molar refractivity (Wildman–Crippen MR) is 148 cm³/mol. The summed E-state index contributed by atoms with van der Waals surface area (Å²) in [6, 6.07) is 9.55. The van der Waals surface area contributed by atoms with E-state index in [2.05, 4.69) is 15.3 Å². The molecule has 0 spiro atoms. The smallest absolute Gasteiger partial charge is 0.306 e. The molecule has 2 atom stereocenters. The third-order valence-corrected chi connectivity index (χ3v) is 6.97. The normalized spacial score (nSPS) is 16.5. The number of imidazole rings is 1. The van der Waals surface area contributed by atoms with Crippen LogP contribution >= 0.6 is 23.2 Å². The summed E-state index contributed by atoms with van der Waals surface area (Å²) in [6.45, 7) is 7.91. The van der Waals surface area contributed by atoms with Gasteiger partial charge in [-0.25, -0.2) is 4.98 Å². The zero-order valence-electron chi connectivity index (χ0n) is 21.9. The molecule has 0 saturated carbocycles. The van der Waals surface area contributed by atoms with Crippen molar-refractivity contribution in [2.24, 2.45) is 0 Å². The average Bonchev–Trinajstić information content (AvgIpc) is 3.48. The van der Waals surface area contributed by atoms with Gasteiger partial charge in [0.15, 0.2) is 0 Å². The van der Waals surface area contributed by atoms with Gasteiger partial charge in [0.1, 0.15) is 11.4 Å². The number of esters is 1. The number of aromatic amines is 1. The van der Waals surface area contributed by atoms with Crippen LogP contribution in [0.5, 0.6) is 0 Å². The van der Waals surface area contributed by atoms with E-state index in [1.807, 2.05) is 33.8 Å². The number of halogens is 2. The summed E-state index contributed by atoms with van der Waals surface area (Å²) in [4.78, 5) is 47.8. The molecule has 202 valence electrons. The number of amides is 2. The van der Waals surface area contributed by atoms with Gasteiger partial charge in [0.05, 0.1) is 27.7 Å². The molecule has 1 aliphatic heterocycles. The number of hydrogen-bond donors (Lipinski definition) is 2. The third kappa shape index (κ3) is 6.66. The Kier molecular flexibility index (Phi) is 8.33. The first-order valence-electron chi connectivity index (χ1n) is 12.7. The van der Waals surface area contributed by atoms with Gasteiger partial charge in [-0.3, -0.25) is 14.4 Å². The molecule has 8 nitrogen and oxygen atoms in total. The number of aromatic nitrogens is 2. The summed E-state index contributed by atoms with van der Waals surface area (Å²) < 4.78 is 5.40. The van der Waals surface area contributed by atoms with Crippen molar-refractivity contribution in [3.8, 4) is 0 Å². The van der Waals surface area contributed by atoms with Crippen LogP contribution in [0.4, 0.5) is 0 Å². The fraction of sp³-hybridized carbons (Fsp3) is 0.429. The van der Waals surface area contributed by atoms with Crippen molar-refractivity contribution in [2.45, 2.75) is 71.1 Å². The van der Waals surface area contributed by atoms with Crippen LogP contribution in [-0.4, -0.2) is 50.8 Å². The van der Waals surface area contributed by atoms with E-state index in [0.29, 0.717) is 34.9 Å². The number of carbonyl (C=O) groups is 3. The highest BCUT2D eigenvalue weighted by atomic mass is 35.5. The number of nitrogens with zero attached hydrogens (tertiary/aromatic N) is 2. The number of hydrogen-bond acceptors (Lipinski definition) is 5. The second-order valence-electron chi connectivity index (χ2n) is 10.6. The molecule has 38 heavy (non-hydrogen) atoms. The van der Waals surface area contributed by atoms with Gasteiger partial charge in [-0.05, 0) is 83.4 Å². The van der Waals surface area contributed by atoms with Gasteiger partial charge in [-0.15, -0.1) is 0 Å². The predicted octanol–water partition coefficient (Wildman–Crippen LogP) is 6.09. The first-order valence-corrected chi connectivity index (χ1v) is 13.5. The van der Waals surface area contributed by atoms with E-state index in [0.717, 1.165) is 23.9 Å². The third-order valence-electron chi connectivity index (χ3n) is 6.42. The highest BCUT2D eigenvalue weighted by molar-refractivity contribution is 6.34. The lowest BCUT2D eigenvalue weighted by molar-refractivity contribution is -0.155. The number of fused-ring (bicyclic) bond motifs is 1. The van der Waals surface area contributed by atoms with Gasteiger partial charge in [-0.2, -0.15) is 0 Å². The summed E-state index contributed by atoms with van der Waals surface area (Å²) in [5, 5.41) is 3.70. The second kappa shape index (κ2) is 11.3. The fourth-order valence-corrected chi connectivity index (χ4v) is 5.05. The minimum atomic E-state index is -0.540. The summed E-state index contributed by atoms with van der Waals surface area (Å²) in [5.41, 5.74) is 1.66. The SMILES string of the molecule is C[C@H](NC(=O)c1ccc(C(=O)N2CCC[C@H]2CCC(=O)OC(C)(C)C)c(Cl)c1)c1nc2ccc(Cl)cc2[nH]1. The Morgan fingerprint density at radius 3 is 2.66 bits per heavy atom. The molecule has 1 saturated heterocycles. The van der Waals surface area contributed by atoms with Crippen LogP contribution < -0.4 is 5.32 Å². The maximum Gasteiger partial charge on any atom is 0.306 e. The summed E-state index contributed by atoms with van der Waals surface area (Å²) in [5.74, 6) is -0.220. The van der Waals surface area contributed by atoms with Crippen LogP contribution in [0.15, 0.2) is 36.4 Å². The van der Waals surface area contributed by atoms with E-state index >= 15 is 0 Å². The van der Waals surface area contributed by atoms with Crippen molar-refractivity contribution in [3.63, 3.8) is 0 Å². The van der Waals surface area contributed by atoms with Gasteiger partial charge in [0.25, 0.3) is 11.8 Å².